The maximum Gasteiger partial charge on any atom is 0.126 e. The Kier molecular flexibility index (Phi) is 9.22. The summed E-state index contributed by atoms with van der Waals surface area (Å²) in [7, 11) is 0. The van der Waals surface area contributed by atoms with Gasteiger partial charge in [-0.15, -0.1) is 6.58 Å². The summed E-state index contributed by atoms with van der Waals surface area (Å²) in [5.74, 6) is 2.87. The average Bonchev–Trinajstić information content (AvgIpc) is 2.81. The van der Waals surface area contributed by atoms with Crippen LogP contribution < -0.4 is 9.47 Å². The van der Waals surface area contributed by atoms with Crippen LogP contribution in [0.1, 0.15) is 67.9 Å². The van der Waals surface area contributed by atoms with Gasteiger partial charge in [0.05, 0.1) is 6.61 Å². The van der Waals surface area contributed by atoms with Crippen LogP contribution in [0.3, 0.4) is 0 Å². The third kappa shape index (κ3) is 6.43. The number of phenolic OH excluding ortho intramolecular Hbond substituents is 1. The molecule has 3 heteroatoms. The highest BCUT2D eigenvalue weighted by Crippen LogP contribution is 2.38. The quantitative estimate of drug-likeness (QED) is 0.335. The van der Waals surface area contributed by atoms with Gasteiger partial charge in [-0.1, -0.05) is 58.6 Å². The Labute approximate surface area is 201 Å². The molecular formula is C30H42O3. The summed E-state index contributed by atoms with van der Waals surface area (Å²) in [4.78, 5) is 0. The molecular weight excluding hydrogens is 408 g/mol. The molecule has 0 aliphatic carbocycles. The fourth-order valence-corrected chi connectivity index (χ4v) is 4.01. The Balaban J connectivity index is 2.00. The molecule has 2 aromatic carbocycles. The van der Waals surface area contributed by atoms with E-state index in [9.17, 15) is 5.11 Å². The Bertz CT molecular complexity index is 954. The summed E-state index contributed by atoms with van der Waals surface area (Å²) in [5.41, 5.74) is 5.18. The summed E-state index contributed by atoms with van der Waals surface area (Å²) >= 11 is 0. The summed E-state index contributed by atoms with van der Waals surface area (Å²) < 4.78 is 12.0. The number of ether oxygens (including phenoxy) is 2. The normalized spacial score (nSPS) is 13.3. The van der Waals surface area contributed by atoms with Crippen molar-refractivity contribution in [1.82, 2.24) is 0 Å². The first-order valence-corrected chi connectivity index (χ1v) is 11.9. The van der Waals surface area contributed by atoms with Crippen LogP contribution >= 0.6 is 0 Å². The third-order valence-corrected chi connectivity index (χ3v) is 7.13. The van der Waals surface area contributed by atoms with E-state index in [0.717, 1.165) is 46.6 Å². The van der Waals surface area contributed by atoms with E-state index >= 15 is 0 Å². The number of aromatic hydroxyl groups is 1. The molecule has 0 aliphatic heterocycles. The zero-order chi connectivity index (χ0) is 24.8. The molecule has 0 bridgehead atoms. The highest BCUT2D eigenvalue weighted by molar-refractivity contribution is 5.57. The van der Waals surface area contributed by atoms with Gasteiger partial charge in [-0.3, -0.25) is 0 Å². The zero-order valence-corrected chi connectivity index (χ0v) is 21.6. The molecule has 0 aromatic heterocycles. The van der Waals surface area contributed by atoms with Crippen molar-refractivity contribution in [2.75, 3.05) is 13.2 Å². The lowest BCUT2D eigenvalue weighted by molar-refractivity contribution is 0.252. The van der Waals surface area contributed by atoms with Crippen LogP contribution in [0.4, 0.5) is 0 Å². The molecule has 2 atom stereocenters. The fourth-order valence-electron chi connectivity index (χ4n) is 4.01. The number of benzene rings is 2. The van der Waals surface area contributed by atoms with Gasteiger partial charge in [0.25, 0.3) is 0 Å². The second-order valence-electron chi connectivity index (χ2n) is 9.90. The van der Waals surface area contributed by atoms with Crippen LogP contribution in [0.2, 0.25) is 0 Å². The highest BCUT2D eigenvalue weighted by atomic mass is 16.5. The molecule has 0 aliphatic rings. The summed E-state index contributed by atoms with van der Waals surface area (Å²) in [6, 6.07) is 8.41. The van der Waals surface area contributed by atoms with E-state index in [1.165, 1.54) is 5.56 Å². The van der Waals surface area contributed by atoms with Crippen molar-refractivity contribution in [3.8, 4) is 17.2 Å². The number of hydrogen-bond acceptors (Lipinski definition) is 3. The summed E-state index contributed by atoms with van der Waals surface area (Å²) in [6.07, 6.45) is 5.46. The third-order valence-electron chi connectivity index (χ3n) is 7.13. The predicted octanol–water partition coefficient (Wildman–Crippen LogP) is 7.85. The van der Waals surface area contributed by atoms with E-state index in [1.807, 2.05) is 26.8 Å². The fraction of sp³-hybridized carbons (Fsp3) is 0.467. The number of allylic oxidation sites excluding steroid dienone is 1. The van der Waals surface area contributed by atoms with Crippen molar-refractivity contribution >= 4 is 0 Å². The molecule has 180 valence electrons. The van der Waals surface area contributed by atoms with Gasteiger partial charge in [0.1, 0.15) is 23.9 Å². The molecule has 33 heavy (non-hydrogen) atoms. The SMILES string of the molecule is C=CCOc1c(C)c(C)c(O)c(CCC(C)COc2ccc(C(C)C(C)(C)C=C)cc2)c1C. The van der Waals surface area contributed by atoms with E-state index in [-0.39, 0.29) is 5.41 Å². The molecule has 1 N–H and O–H groups in total. The predicted molar refractivity (Wildman–Crippen MR) is 140 cm³/mol. The van der Waals surface area contributed by atoms with Crippen molar-refractivity contribution in [2.45, 2.75) is 67.2 Å². The van der Waals surface area contributed by atoms with E-state index in [0.29, 0.717) is 30.8 Å². The van der Waals surface area contributed by atoms with Crippen LogP contribution in [0, 0.1) is 32.1 Å². The van der Waals surface area contributed by atoms with Crippen LogP contribution in [0.25, 0.3) is 0 Å². The number of rotatable bonds is 12. The molecule has 2 aromatic rings. The number of phenols is 1. The first-order chi connectivity index (χ1) is 15.5. The topological polar surface area (TPSA) is 38.7 Å². The van der Waals surface area contributed by atoms with Crippen molar-refractivity contribution < 1.29 is 14.6 Å². The van der Waals surface area contributed by atoms with Crippen LogP contribution in [0.5, 0.6) is 17.2 Å². The van der Waals surface area contributed by atoms with Gasteiger partial charge in [0, 0.05) is 5.56 Å². The van der Waals surface area contributed by atoms with Gasteiger partial charge in [0.15, 0.2) is 0 Å². The molecule has 0 spiro atoms. The standard InChI is InChI=1S/C30H42O3/c1-10-18-32-29-22(5)21(4)28(31)27(23(29)6)17-12-20(3)19-33-26-15-13-25(14-16-26)24(7)30(8,9)11-2/h10-11,13-16,20,24,31H,1-2,12,17-19H2,3-9H3. The lowest BCUT2D eigenvalue weighted by Crippen LogP contribution is -2.16. The lowest BCUT2D eigenvalue weighted by Gasteiger charge is -2.28. The zero-order valence-electron chi connectivity index (χ0n) is 21.6. The second-order valence-corrected chi connectivity index (χ2v) is 9.90. The first kappa shape index (κ1) is 26.6. The van der Waals surface area contributed by atoms with Crippen LogP contribution in [0.15, 0.2) is 49.6 Å². The van der Waals surface area contributed by atoms with Gasteiger partial charge in [-0.25, -0.2) is 0 Å². The Morgan fingerprint density at radius 1 is 0.970 bits per heavy atom. The smallest absolute Gasteiger partial charge is 0.126 e. The maximum absolute atomic E-state index is 10.8. The van der Waals surface area contributed by atoms with Gasteiger partial charge in [-0.2, -0.15) is 0 Å². The van der Waals surface area contributed by atoms with Gasteiger partial charge < -0.3 is 14.6 Å². The molecule has 0 fully saturated rings. The van der Waals surface area contributed by atoms with E-state index in [2.05, 4.69) is 65.1 Å². The van der Waals surface area contributed by atoms with E-state index < -0.39 is 0 Å². The van der Waals surface area contributed by atoms with Crippen LogP contribution in [-0.2, 0) is 6.42 Å². The van der Waals surface area contributed by atoms with Gasteiger partial charge >= 0.3 is 0 Å². The first-order valence-electron chi connectivity index (χ1n) is 11.9. The minimum absolute atomic E-state index is 0.0471. The largest absolute Gasteiger partial charge is 0.507 e. The van der Waals surface area contributed by atoms with Crippen LogP contribution in [-0.4, -0.2) is 18.3 Å². The minimum Gasteiger partial charge on any atom is -0.507 e. The lowest BCUT2D eigenvalue weighted by atomic mass is 9.76. The molecule has 0 radical (unpaired) electrons. The highest BCUT2D eigenvalue weighted by Gasteiger charge is 2.23. The summed E-state index contributed by atoms with van der Waals surface area (Å²) in [6.45, 7) is 23.6. The van der Waals surface area contributed by atoms with Gasteiger partial charge in [0.2, 0.25) is 0 Å². The molecule has 0 saturated carbocycles. The van der Waals surface area contributed by atoms with Gasteiger partial charge in [-0.05, 0) is 85.3 Å². The molecule has 2 rings (SSSR count). The monoisotopic (exact) mass is 450 g/mol. The Morgan fingerprint density at radius 2 is 1.61 bits per heavy atom. The van der Waals surface area contributed by atoms with Crippen molar-refractivity contribution in [3.63, 3.8) is 0 Å². The average molecular weight is 451 g/mol. The van der Waals surface area contributed by atoms with Crippen molar-refractivity contribution in [2.24, 2.45) is 11.3 Å². The van der Waals surface area contributed by atoms with Crippen molar-refractivity contribution in [3.05, 3.63) is 77.4 Å². The molecule has 0 heterocycles. The summed E-state index contributed by atoms with van der Waals surface area (Å²) in [5, 5.41) is 10.8. The van der Waals surface area contributed by atoms with E-state index in [1.54, 1.807) is 6.08 Å². The van der Waals surface area contributed by atoms with E-state index in [4.69, 9.17) is 9.47 Å². The molecule has 0 saturated heterocycles. The Hall–Kier alpha value is -2.68. The van der Waals surface area contributed by atoms with Crippen molar-refractivity contribution in [1.29, 1.82) is 0 Å². The Morgan fingerprint density at radius 3 is 2.18 bits per heavy atom. The molecule has 2 unspecified atom stereocenters. The molecule has 3 nitrogen and oxygen atoms in total. The minimum atomic E-state index is 0.0471. The molecule has 0 amide bonds. The second kappa shape index (κ2) is 11.4. The number of hydrogen-bond donors (Lipinski definition) is 1. The maximum atomic E-state index is 10.8.